The summed E-state index contributed by atoms with van der Waals surface area (Å²) in [6.45, 7) is 0.504. The Morgan fingerprint density at radius 2 is 1.91 bits per heavy atom. The van der Waals surface area contributed by atoms with E-state index in [-0.39, 0.29) is 15.4 Å². The fraction of sp³-hybridized carbons (Fsp3) is 0.294. The van der Waals surface area contributed by atoms with E-state index >= 15 is 0 Å². The fourth-order valence-corrected chi connectivity index (χ4v) is 5.73. The number of sulfonamides is 1. The van der Waals surface area contributed by atoms with Crippen molar-refractivity contribution in [3.8, 4) is 0 Å². The summed E-state index contributed by atoms with van der Waals surface area (Å²) < 4.78 is 40.9. The summed E-state index contributed by atoms with van der Waals surface area (Å²) >= 11 is 3.17. The molecule has 0 N–H and O–H groups in total. The van der Waals surface area contributed by atoms with Crippen LogP contribution in [0.25, 0.3) is 0 Å². The van der Waals surface area contributed by atoms with E-state index in [1.165, 1.54) is 18.2 Å². The summed E-state index contributed by atoms with van der Waals surface area (Å²) in [5.74, 6) is -0.460. The molecule has 1 fully saturated rings. The van der Waals surface area contributed by atoms with Gasteiger partial charge in [0, 0.05) is 17.1 Å². The molecular weight excluding hydrogens is 381 g/mol. The lowest BCUT2D eigenvalue weighted by Gasteiger charge is -2.24. The Hall–Kier alpha value is -1.24. The average Bonchev–Trinajstić information content (AvgIpc) is 2.97. The molecule has 1 saturated heterocycles. The molecule has 0 aliphatic carbocycles. The maximum absolute atomic E-state index is 13.2. The van der Waals surface area contributed by atoms with Gasteiger partial charge in [0.05, 0.1) is 4.90 Å². The van der Waals surface area contributed by atoms with E-state index in [1.54, 1.807) is 4.31 Å². The van der Waals surface area contributed by atoms with Gasteiger partial charge in [-0.05, 0) is 59.0 Å². The largest absolute Gasteiger partial charge is 0.244 e. The molecule has 1 heterocycles. The summed E-state index contributed by atoms with van der Waals surface area (Å²) in [5, 5.41) is 0. The van der Waals surface area contributed by atoms with Crippen molar-refractivity contribution in [1.29, 1.82) is 0 Å². The molecule has 1 atom stereocenters. The van der Waals surface area contributed by atoms with Gasteiger partial charge < -0.3 is 0 Å². The zero-order valence-corrected chi connectivity index (χ0v) is 14.9. The summed E-state index contributed by atoms with van der Waals surface area (Å²) in [7, 11) is -3.64. The first-order valence-electron chi connectivity index (χ1n) is 7.49. The minimum absolute atomic E-state index is 0.0562. The van der Waals surface area contributed by atoms with E-state index in [1.807, 2.05) is 30.3 Å². The summed E-state index contributed by atoms with van der Waals surface area (Å²) in [6.07, 6.45) is 2.38. The molecule has 6 heteroatoms. The van der Waals surface area contributed by atoms with Crippen LogP contribution in [0.5, 0.6) is 0 Å². The van der Waals surface area contributed by atoms with Crippen LogP contribution in [0.15, 0.2) is 57.9 Å². The third-order valence-corrected chi connectivity index (χ3v) is 7.05. The van der Waals surface area contributed by atoms with Crippen LogP contribution in [0.3, 0.4) is 0 Å². The lowest BCUT2D eigenvalue weighted by Crippen LogP contribution is -2.37. The molecule has 3 nitrogen and oxygen atoms in total. The molecular formula is C17H17BrFNO2S. The van der Waals surface area contributed by atoms with E-state index in [9.17, 15) is 12.8 Å². The van der Waals surface area contributed by atoms with Crippen molar-refractivity contribution >= 4 is 26.0 Å². The number of halogens is 2. The number of benzene rings is 2. The number of nitrogens with zero attached hydrogens (tertiary/aromatic N) is 1. The topological polar surface area (TPSA) is 37.4 Å². The van der Waals surface area contributed by atoms with Gasteiger partial charge in [-0.1, -0.05) is 30.3 Å². The van der Waals surface area contributed by atoms with Gasteiger partial charge in [0.25, 0.3) is 0 Å². The highest BCUT2D eigenvalue weighted by Gasteiger charge is 2.36. The molecule has 1 aliphatic rings. The van der Waals surface area contributed by atoms with Gasteiger partial charge in [0.15, 0.2) is 0 Å². The Bertz CT molecular complexity index is 795. The van der Waals surface area contributed by atoms with Gasteiger partial charge in [0.2, 0.25) is 10.0 Å². The Morgan fingerprint density at radius 1 is 1.17 bits per heavy atom. The predicted octanol–water partition coefficient (Wildman–Crippen LogP) is 3.98. The molecule has 122 valence electrons. The Morgan fingerprint density at radius 3 is 2.61 bits per heavy atom. The second-order valence-electron chi connectivity index (χ2n) is 5.68. The molecule has 1 unspecified atom stereocenters. The molecule has 23 heavy (non-hydrogen) atoms. The van der Waals surface area contributed by atoms with Crippen molar-refractivity contribution in [3.63, 3.8) is 0 Å². The standard InChI is InChI=1S/C17H17BrFNO2S/c18-16-12-14(19)8-9-17(16)23(21,22)20-10-4-7-15(20)11-13-5-2-1-3-6-13/h1-3,5-6,8-9,12,15H,4,7,10-11H2. The summed E-state index contributed by atoms with van der Waals surface area (Å²) in [4.78, 5) is 0.124. The van der Waals surface area contributed by atoms with E-state index in [0.717, 1.165) is 18.4 Å². The quantitative estimate of drug-likeness (QED) is 0.781. The highest BCUT2D eigenvalue weighted by Crippen LogP contribution is 2.32. The molecule has 3 rings (SSSR count). The molecule has 2 aromatic rings. The molecule has 0 amide bonds. The van der Waals surface area contributed by atoms with Crippen LogP contribution >= 0.6 is 15.9 Å². The van der Waals surface area contributed by atoms with Crippen molar-refractivity contribution in [2.45, 2.75) is 30.2 Å². The monoisotopic (exact) mass is 397 g/mol. The Kier molecular flexibility index (Phi) is 4.85. The van der Waals surface area contributed by atoms with Gasteiger partial charge in [-0.2, -0.15) is 4.31 Å². The van der Waals surface area contributed by atoms with E-state index in [4.69, 9.17) is 0 Å². The first-order chi connectivity index (χ1) is 11.0. The summed E-state index contributed by atoms with van der Waals surface area (Å²) in [5.41, 5.74) is 1.12. The van der Waals surface area contributed by atoms with Gasteiger partial charge in [-0.3, -0.25) is 0 Å². The molecule has 2 aromatic carbocycles. The Balaban J connectivity index is 1.89. The van der Waals surface area contributed by atoms with Crippen molar-refractivity contribution in [3.05, 3.63) is 64.4 Å². The van der Waals surface area contributed by atoms with Gasteiger partial charge in [-0.15, -0.1) is 0 Å². The van der Waals surface area contributed by atoms with Crippen LogP contribution in [0.4, 0.5) is 4.39 Å². The maximum Gasteiger partial charge on any atom is 0.244 e. The minimum atomic E-state index is -3.64. The highest BCUT2D eigenvalue weighted by molar-refractivity contribution is 9.10. The van der Waals surface area contributed by atoms with E-state index in [2.05, 4.69) is 15.9 Å². The normalized spacial score (nSPS) is 19.1. The van der Waals surface area contributed by atoms with Crippen LogP contribution in [-0.2, 0) is 16.4 Å². The molecule has 0 radical (unpaired) electrons. The summed E-state index contributed by atoms with van der Waals surface area (Å²) in [6, 6.07) is 13.5. The van der Waals surface area contributed by atoms with Crippen molar-refractivity contribution in [1.82, 2.24) is 4.31 Å². The van der Waals surface area contributed by atoms with Crippen LogP contribution in [0.2, 0.25) is 0 Å². The van der Waals surface area contributed by atoms with Gasteiger partial charge in [0.1, 0.15) is 5.82 Å². The predicted molar refractivity (Wildman–Crippen MR) is 91.2 cm³/mol. The molecule has 0 aromatic heterocycles. The molecule has 0 spiro atoms. The zero-order valence-electron chi connectivity index (χ0n) is 12.5. The van der Waals surface area contributed by atoms with Crippen molar-refractivity contribution in [2.75, 3.05) is 6.54 Å². The Labute approximate surface area is 144 Å². The van der Waals surface area contributed by atoms with E-state index < -0.39 is 15.8 Å². The van der Waals surface area contributed by atoms with Crippen molar-refractivity contribution < 1.29 is 12.8 Å². The van der Waals surface area contributed by atoms with Crippen molar-refractivity contribution in [2.24, 2.45) is 0 Å². The third-order valence-electron chi connectivity index (χ3n) is 4.12. The zero-order chi connectivity index (χ0) is 16.4. The van der Waals surface area contributed by atoms with Gasteiger partial charge in [-0.25, -0.2) is 12.8 Å². The first kappa shape index (κ1) is 16.6. The van der Waals surface area contributed by atoms with Crippen LogP contribution in [0.1, 0.15) is 18.4 Å². The van der Waals surface area contributed by atoms with Crippen LogP contribution in [-0.4, -0.2) is 25.3 Å². The average molecular weight is 398 g/mol. The second kappa shape index (κ2) is 6.71. The lowest BCUT2D eigenvalue weighted by molar-refractivity contribution is 0.385. The van der Waals surface area contributed by atoms with Crippen LogP contribution < -0.4 is 0 Å². The van der Waals surface area contributed by atoms with Crippen LogP contribution in [0, 0.1) is 5.82 Å². The molecule has 0 bridgehead atoms. The smallest absolute Gasteiger partial charge is 0.207 e. The number of rotatable bonds is 4. The first-order valence-corrected chi connectivity index (χ1v) is 9.72. The SMILES string of the molecule is O=S(=O)(c1ccc(F)cc1Br)N1CCCC1Cc1ccccc1. The van der Waals surface area contributed by atoms with Gasteiger partial charge >= 0.3 is 0 Å². The molecule has 1 aliphatic heterocycles. The fourth-order valence-electron chi connectivity index (χ4n) is 3.03. The van der Waals surface area contributed by atoms with E-state index in [0.29, 0.717) is 13.0 Å². The number of hydrogen-bond donors (Lipinski definition) is 0. The minimum Gasteiger partial charge on any atom is -0.207 e. The number of hydrogen-bond acceptors (Lipinski definition) is 2. The highest BCUT2D eigenvalue weighted by atomic mass is 79.9. The lowest BCUT2D eigenvalue weighted by atomic mass is 10.1. The second-order valence-corrected chi connectivity index (χ2v) is 8.39. The third kappa shape index (κ3) is 3.49. The maximum atomic E-state index is 13.2. The molecule has 0 saturated carbocycles.